The molecule has 1 rings (SSSR count). The van der Waals surface area contributed by atoms with Crippen LogP contribution in [0, 0.1) is 27.7 Å². The largest absolute Gasteiger partial charge is 0.305 e. The van der Waals surface area contributed by atoms with Gasteiger partial charge in [-0.1, -0.05) is 6.07 Å². The minimum atomic E-state index is -0.112. The quantitative estimate of drug-likeness (QED) is 0.560. The SMILES string of the molecule is Cc1cc(C)c(C)c(N(C)C(=O)Br)c1C. The molecule has 0 spiro atoms. The molecule has 0 heterocycles. The third-order valence-electron chi connectivity index (χ3n) is 2.93. The van der Waals surface area contributed by atoms with Gasteiger partial charge < -0.3 is 4.90 Å². The summed E-state index contributed by atoms with van der Waals surface area (Å²) in [5, 5.41) is 0. The number of halogens is 1. The van der Waals surface area contributed by atoms with Gasteiger partial charge >= 0.3 is 0 Å². The zero-order valence-electron chi connectivity index (χ0n) is 9.81. The number of carbonyl (C=O) groups excluding carboxylic acids is 1. The van der Waals surface area contributed by atoms with E-state index in [0.29, 0.717) is 0 Å². The minimum Gasteiger partial charge on any atom is -0.305 e. The molecule has 0 saturated carbocycles. The fourth-order valence-corrected chi connectivity index (χ4v) is 1.96. The first kappa shape index (κ1) is 12.2. The lowest BCUT2D eigenvalue weighted by atomic mass is 9.98. The normalized spacial score (nSPS) is 10.3. The molecule has 0 aliphatic rings. The van der Waals surface area contributed by atoms with Crippen LogP contribution in [0.1, 0.15) is 22.3 Å². The van der Waals surface area contributed by atoms with Crippen LogP contribution in [-0.4, -0.2) is 11.9 Å². The molecule has 0 fully saturated rings. The van der Waals surface area contributed by atoms with E-state index in [-0.39, 0.29) is 4.82 Å². The third kappa shape index (κ3) is 2.23. The Morgan fingerprint density at radius 1 is 1.13 bits per heavy atom. The van der Waals surface area contributed by atoms with Gasteiger partial charge in [0.25, 0.3) is 4.82 Å². The van der Waals surface area contributed by atoms with Gasteiger partial charge in [0.05, 0.1) is 5.69 Å². The van der Waals surface area contributed by atoms with E-state index in [1.807, 2.05) is 13.8 Å². The molecule has 0 atom stereocenters. The summed E-state index contributed by atoms with van der Waals surface area (Å²) in [7, 11) is 1.78. The number of aryl methyl sites for hydroxylation is 2. The highest BCUT2D eigenvalue weighted by atomic mass is 79.9. The molecule has 0 radical (unpaired) electrons. The average Bonchev–Trinajstić information content (AvgIpc) is 2.15. The lowest BCUT2D eigenvalue weighted by molar-refractivity contribution is 0.267. The van der Waals surface area contributed by atoms with Gasteiger partial charge in [0.15, 0.2) is 0 Å². The molecule has 82 valence electrons. The van der Waals surface area contributed by atoms with Gasteiger partial charge in [-0.3, -0.25) is 4.79 Å². The Hall–Kier alpha value is -0.830. The Labute approximate surface area is 99.4 Å². The van der Waals surface area contributed by atoms with Gasteiger partial charge in [0, 0.05) is 23.0 Å². The van der Waals surface area contributed by atoms with E-state index >= 15 is 0 Å². The fourth-order valence-electron chi connectivity index (χ4n) is 1.79. The average molecular weight is 270 g/mol. The molecule has 3 heteroatoms. The monoisotopic (exact) mass is 269 g/mol. The number of nitrogens with zero attached hydrogens (tertiary/aromatic N) is 1. The van der Waals surface area contributed by atoms with Gasteiger partial charge in [0.1, 0.15) is 0 Å². The van der Waals surface area contributed by atoms with Gasteiger partial charge in [0.2, 0.25) is 0 Å². The maximum atomic E-state index is 11.3. The Morgan fingerprint density at radius 2 is 1.53 bits per heavy atom. The molecule has 0 aliphatic heterocycles. The number of benzene rings is 1. The topological polar surface area (TPSA) is 20.3 Å². The van der Waals surface area contributed by atoms with E-state index in [1.54, 1.807) is 11.9 Å². The highest BCUT2D eigenvalue weighted by Crippen LogP contribution is 2.30. The first-order chi connectivity index (χ1) is 6.86. The second-order valence-electron chi connectivity index (χ2n) is 3.92. The summed E-state index contributed by atoms with van der Waals surface area (Å²) in [4.78, 5) is 12.8. The molecule has 0 aromatic heterocycles. The summed E-state index contributed by atoms with van der Waals surface area (Å²) in [6, 6.07) is 2.15. The van der Waals surface area contributed by atoms with E-state index in [0.717, 1.165) is 16.8 Å². The minimum absolute atomic E-state index is 0.112. The Kier molecular flexibility index (Phi) is 3.55. The molecule has 2 nitrogen and oxygen atoms in total. The predicted octanol–water partition coefficient (Wildman–Crippen LogP) is 3.87. The van der Waals surface area contributed by atoms with Crippen molar-refractivity contribution in [2.75, 3.05) is 11.9 Å². The molecule has 0 N–H and O–H groups in total. The molecular formula is C12H16BrNO. The number of rotatable bonds is 1. The molecule has 1 aromatic carbocycles. The van der Waals surface area contributed by atoms with Crippen LogP contribution in [0.3, 0.4) is 0 Å². The molecule has 1 amide bonds. The lowest BCUT2D eigenvalue weighted by Crippen LogP contribution is -2.22. The van der Waals surface area contributed by atoms with Crippen molar-refractivity contribution in [3.05, 3.63) is 28.3 Å². The summed E-state index contributed by atoms with van der Waals surface area (Å²) in [5.74, 6) is 0. The highest BCUT2D eigenvalue weighted by molar-refractivity contribution is 9.18. The maximum absolute atomic E-state index is 11.3. The van der Waals surface area contributed by atoms with Crippen molar-refractivity contribution in [3.8, 4) is 0 Å². The van der Waals surface area contributed by atoms with Crippen molar-refractivity contribution < 1.29 is 4.79 Å². The number of amides is 1. The van der Waals surface area contributed by atoms with Gasteiger partial charge in [-0.15, -0.1) is 0 Å². The van der Waals surface area contributed by atoms with Crippen molar-refractivity contribution >= 4 is 26.4 Å². The first-order valence-corrected chi connectivity index (χ1v) is 5.66. The van der Waals surface area contributed by atoms with Crippen LogP contribution >= 0.6 is 15.9 Å². The summed E-state index contributed by atoms with van der Waals surface area (Å²) < 4.78 is 0. The zero-order chi connectivity index (χ0) is 11.7. The van der Waals surface area contributed by atoms with Crippen LogP contribution in [0.25, 0.3) is 0 Å². The number of carbonyl (C=O) groups is 1. The summed E-state index contributed by atoms with van der Waals surface area (Å²) in [6.45, 7) is 8.22. The molecule has 1 aromatic rings. The summed E-state index contributed by atoms with van der Waals surface area (Å²) >= 11 is 2.98. The van der Waals surface area contributed by atoms with Crippen molar-refractivity contribution in [1.82, 2.24) is 0 Å². The predicted molar refractivity (Wildman–Crippen MR) is 68.1 cm³/mol. The molecule has 15 heavy (non-hydrogen) atoms. The summed E-state index contributed by atoms with van der Waals surface area (Å²) in [6.07, 6.45) is 0. The third-order valence-corrected chi connectivity index (χ3v) is 3.46. The highest BCUT2D eigenvalue weighted by Gasteiger charge is 2.15. The van der Waals surface area contributed by atoms with Gasteiger partial charge in [-0.25, -0.2) is 0 Å². The van der Waals surface area contributed by atoms with Crippen molar-refractivity contribution in [2.24, 2.45) is 0 Å². The van der Waals surface area contributed by atoms with Crippen LogP contribution < -0.4 is 4.90 Å². The number of hydrogen-bond donors (Lipinski definition) is 0. The summed E-state index contributed by atoms with van der Waals surface area (Å²) in [5.41, 5.74) is 5.76. The van der Waals surface area contributed by atoms with Crippen LogP contribution in [0.4, 0.5) is 10.5 Å². The van der Waals surface area contributed by atoms with Gasteiger partial charge in [-0.05, 0) is 49.9 Å². The van der Waals surface area contributed by atoms with Crippen LogP contribution in [0.2, 0.25) is 0 Å². The van der Waals surface area contributed by atoms with Gasteiger partial charge in [-0.2, -0.15) is 0 Å². The van der Waals surface area contributed by atoms with E-state index in [1.165, 1.54) is 11.1 Å². The Morgan fingerprint density at radius 3 is 1.87 bits per heavy atom. The molecule has 0 aliphatic carbocycles. The second kappa shape index (κ2) is 4.35. The van der Waals surface area contributed by atoms with E-state index in [4.69, 9.17) is 0 Å². The van der Waals surface area contributed by atoms with Crippen LogP contribution in [0.5, 0.6) is 0 Å². The molecule has 0 unspecified atom stereocenters. The smallest absolute Gasteiger partial charge is 0.293 e. The fraction of sp³-hybridized carbons (Fsp3) is 0.417. The van der Waals surface area contributed by atoms with E-state index in [2.05, 4.69) is 35.8 Å². The zero-order valence-corrected chi connectivity index (χ0v) is 11.4. The van der Waals surface area contributed by atoms with Crippen molar-refractivity contribution in [1.29, 1.82) is 0 Å². The van der Waals surface area contributed by atoms with Crippen LogP contribution in [0.15, 0.2) is 6.07 Å². The second-order valence-corrected chi connectivity index (χ2v) is 4.60. The molecule has 0 saturated heterocycles. The molecular weight excluding hydrogens is 254 g/mol. The number of hydrogen-bond acceptors (Lipinski definition) is 1. The lowest BCUT2D eigenvalue weighted by Gasteiger charge is -2.22. The Balaban J connectivity index is 3.45. The molecule has 0 bridgehead atoms. The Bertz CT molecular complexity index is 386. The van der Waals surface area contributed by atoms with E-state index in [9.17, 15) is 4.79 Å². The maximum Gasteiger partial charge on any atom is 0.293 e. The first-order valence-electron chi connectivity index (χ1n) is 4.86. The van der Waals surface area contributed by atoms with Crippen molar-refractivity contribution in [3.63, 3.8) is 0 Å². The standard InChI is InChI=1S/C12H16BrNO/c1-7-6-8(2)10(4)11(9(7)3)14(5)12(13)15/h6H,1-5H3. The van der Waals surface area contributed by atoms with Crippen molar-refractivity contribution in [2.45, 2.75) is 27.7 Å². The van der Waals surface area contributed by atoms with Crippen LogP contribution in [-0.2, 0) is 0 Å². The van der Waals surface area contributed by atoms with E-state index < -0.39 is 0 Å². The number of anilines is 1.